The van der Waals surface area contributed by atoms with E-state index in [0.29, 0.717) is 47.9 Å². The van der Waals surface area contributed by atoms with E-state index in [1.165, 1.54) is 107 Å². The highest BCUT2D eigenvalue weighted by atomic mass is 19.1. The van der Waals surface area contributed by atoms with Gasteiger partial charge in [-0.15, -0.1) is 0 Å². The van der Waals surface area contributed by atoms with Gasteiger partial charge in [0.2, 0.25) is 0 Å². The molecular formula is C44H69FN2O2. The molecule has 0 bridgehead atoms. The molecule has 0 spiro atoms. The Hall–Kier alpha value is -1.46. The standard InChI is InChI=1S/C44H69FN2O2/c1-31(2)33-15-22-44(46-25-28-47-26-9-8-10-27-47)24-23-41(6)35(38(33)44)11-12-37-40(5)18-16-34(39(3,4)36(40)17-19-42(37,41)7)32-13-20-43(29-45,21-14-32)49-30-48/h13,16,30,33,35-38,46H,1,8-12,14-15,17-29H2,2-7H3/t33-,35+,36-,37+,38+,40-,41+,42+,43-,44-/m0/s1. The molecule has 49 heavy (non-hydrogen) atoms. The van der Waals surface area contributed by atoms with E-state index >= 15 is 0 Å². The van der Waals surface area contributed by atoms with Gasteiger partial charge in [-0.3, -0.25) is 4.79 Å². The number of nitrogens with one attached hydrogen (secondary N) is 1. The second kappa shape index (κ2) is 12.9. The normalized spacial score (nSPS) is 46.3. The lowest BCUT2D eigenvalue weighted by molar-refractivity contribution is -0.221. The van der Waals surface area contributed by atoms with Crippen LogP contribution in [-0.4, -0.2) is 55.4 Å². The summed E-state index contributed by atoms with van der Waals surface area (Å²) >= 11 is 0. The molecule has 7 aliphatic rings. The predicted octanol–water partition coefficient (Wildman–Crippen LogP) is 10.00. The molecule has 4 nitrogen and oxygen atoms in total. The van der Waals surface area contributed by atoms with Gasteiger partial charge in [-0.2, -0.15) is 0 Å². The highest BCUT2D eigenvalue weighted by Gasteiger charge is 2.70. The molecule has 1 N–H and O–H groups in total. The first-order chi connectivity index (χ1) is 23.3. The van der Waals surface area contributed by atoms with Gasteiger partial charge < -0.3 is 15.0 Å². The number of allylic oxidation sites excluding steroid dienone is 4. The summed E-state index contributed by atoms with van der Waals surface area (Å²) in [5.41, 5.74) is 4.63. The first-order valence-electron chi connectivity index (χ1n) is 20.5. The molecule has 0 amide bonds. The molecule has 274 valence electrons. The summed E-state index contributed by atoms with van der Waals surface area (Å²) in [6.07, 6.45) is 22.6. The van der Waals surface area contributed by atoms with Gasteiger partial charge in [-0.1, -0.05) is 65.3 Å². The van der Waals surface area contributed by atoms with Crippen LogP contribution < -0.4 is 5.32 Å². The number of ether oxygens (including phenoxy) is 1. The Kier molecular flexibility index (Phi) is 9.45. The summed E-state index contributed by atoms with van der Waals surface area (Å²) in [5.74, 6) is 3.47. The summed E-state index contributed by atoms with van der Waals surface area (Å²) in [6, 6.07) is 0. The van der Waals surface area contributed by atoms with Crippen molar-refractivity contribution in [3.63, 3.8) is 0 Å². The number of rotatable bonds is 9. The number of halogens is 1. The maximum atomic E-state index is 14.0. The minimum atomic E-state index is -0.969. The fraction of sp³-hybridized carbons (Fsp3) is 0.841. The average Bonchev–Trinajstić information content (AvgIpc) is 3.46. The van der Waals surface area contributed by atoms with Gasteiger partial charge in [0, 0.05) is 25.0 Å². The Morgan fingerprint density at radius 3 is 2.39 bits per heavy atom. The van der Waals surface area contributed by atoms with E-state index in [1.807, 2.05) is 0 Å². The van der Waals surface area contributed by atoms with Crippen LogP contribution in [0.5, 0.6) is 0 Å². The van der Waals surface area contributed by atoms with Crippen molar-refractivity contribution in [2.75, 3.05) is 32.9 Å². The van der Waals surface area contributed by atoms with Crippen LogP contribution in [-0.2, 0) is 9.53 Å². The number of carbonyl (C=O) groups is 1. The number of fused-ring (bicyclic) bond motifs is 7. The fourth-order valence-electron chi connectivity index (χ4n) is 14.7. The quantitative estimate of drug-likeness (QED) is 0.195. The van der Waals surface area contributed by atoms with E-state index in [9.17, 15) is 9.18 Å². The van der Waals surface area contributed by atoms with Crippen LogP contribution in [0.25, 0.3) is 0 Å². The monoisotopic (exact) mass is 677 g/mol. The van der Waals surface area contributed by atoms with Crippen LogP contribution in [0, 0.1) is 51.2 Å². The van der Waals surface area contributed by atoms with Crippen molar-refractivity contribution in [1.29, 1.82) is 0 Å². The van der Waals surface area contributed by atoms with Crippen LogP contribution in [0.1, 0.15) is 138 Å². The Bertz CT molecular complexity index is 1350. The minimum Gasteiger partial charge on any atom is -0.458 e. The largest absolute Gasteiger partial charge is 0.458 e. The average molecular weight is 677 g/mol. The second-order valence-electron chi connectivity index (χ2n) is 19.7. The third kappa shape index (κ3) is 5.50. The van der Waals surface area contributed by atoms with Crippen molar-refractivity contribution in [3.05, 3.63) is 35.5 Å². The molecule has 1 aliphatic heterocycles. The van der Waals surface area contributed by atoms with Crippen LogP contribution in [0.2, 0.25) is 0 Å². The van der Waals surface area contributed by atoms with Crippen LogP contribution >= 0.6 is 0 Å². The molecule has 0 aromatic heterocycles. The van der Waals surface area contributed by atoms with E-state index in [-0.39, 0.29) is 16.4 Å². The molecule has 0 unspecified atom stereocenters. The predicted molar refractivity (Wildman–Crippen MR) is 199 cm³/mol. The summed E-state index contributed by atoms with van der Waals surface area (Å²) in [6.45, 7) is 24.9. The number of carbonyl (C=O) groups excluding carboxylic acids is 1. The maximum Gasteiger partial charge on any atom is 0.293 e. The number of hydrogen-bond acceptors (Lipinski definition) is 4. The van der Waals surface area contributed by atoms with Crippen molar-refractivity contribution in [2.45, 2.75) is 149 Å². The fourth-order valence-corrected chi connectivity index (χ4v) is 14.7. The van der Waals surface area contributed by atoms with E-state index in [0.717, 1.165) is 31.2 Å². The number of hydrogen-bond donors (Lipinski definition) is 1. The highest BCUT2D eigenvalue weighted by Crippen LogP contribution is 2.76. The smallest absolute Gasteiger partial charge is 0.293 e. The Morgan fingerprint density at radius 1 is 0.939 bits per heavy atom. The minimum absolute atomic E-state index is 0.0651. The third-order valence-electron chi connectivity index (χ3n) is 17.5. The number of alkyl halides is 1. The van der Waals surface area contributed by atoms with Crippen LogP contribution in [0.4, 0.5) is 4.39 Å². The lowest BCUT2D eigenvalue weighted by Gasteiger charge is -2.72. The topological polar surface area (TPSA) is 41.6 Å². The van der Waals surface area contributed by atoms with Crippen molar-refractivity contribution in [1.82, 2.24) is 10.2 Å². The molecule has 0 aromatic rings. The van der Waals surface area contributed by atoms with Gasteiger partial charge in [0.25, 0.3) is 6.47 Å². The van der Waals surface area contributed by atoms with Gasteiger partial charge >= 0.3 is 0 Å². The first kappa shape index (κ1) is 35.9. The highest BCUT2D eigenvalue weighted by molar-refractivity contribution is 5.43. The van der Waals surface area contributed by atoms with Gasteiger partial charge in [0.15, 0.2) is 0 Å². The molecule has 7 rings (SSSR count). The Morgan fingerprint density at radius 2 is 1.71 bits per heavy atom. The molecule has 1 saturated heterocycles. The Labute approximate surface area is 298 Å². The first-order valence-corrected chi connectivity index (χ1v) is 20.5. The molecular weight excluding hydrogens is 607 g/mol. The number of likely N-dealkylation sites (tertiary alicyclic amines) is 1. The molecule has 5 fully saturated rings. The van der Waals surface area contributed by atoms with Gasteiger partial charge in [-0.05, 0) is 166 Å². The zero-order valence-corrected chi connectivity index (χ0v) is 32.1. The SMILES string of the molecule is C=C(C)[C@@H]1CC[C@]2(NCCN3CCCCC3)CC[C@]3(C)[C@H](CC[C@@H]4[C@@]5(C)CC=C(C6=CC[C@](CF)(OC=O)CC6)C(C)(C)[C@@H]5CC[C@]43C)[C@@H]12. The van der Waals surface area contributed by atoms with Crippen LogP contribution in [0.3, 0.4) is 0 Å². The van der Waals surface area contributed by atoms with E-state index in [2.05, 4.69) is 70.5 Å². The lowest BCUT2D eigenvalue weighted by Crippen LogP contribution is -2.68. The molecule has 0 radical (unpaired) electrons. The molecule has 5 heteroatoms. The van der Waals surface area contributed by atoms with Gasteiger partial charge in [-0.25, -0.2) is 4.39 Å². The molecule has 10 atom stereocenters. The van der Waals surface area contributed by atoms with E-state index in [4.69, 9.17) is 4.74 Å². The summed E-state index contributed by atoms with van der Waals surface area (Å²) in [4.78, 5) is 13.9. The molecule has 0 aromatic carbocycles. The molecule has 4 saturated carbocycles. The number of piperidine rings is 1. The third-order valence-corrected chi connectivity index (χ3v) is 17.5. The van der Waals surface area contributed by atoms with E-state index < -0.39 is 12.3 Å². The maximum absolute atomic E-state index is 14.0. The Balaban J connectivity index is 1.14. The molecule has 1 heterocycles. The molecule has 6 aliphatic carbocycles. The van der Waals surface area contributed by atoms with E-state index in [1.54, 1.807) is 0 Å². The lowest BCUT2D eigenvalue weighted by atomic mass is 9.33. The number of nitrogens with zero attached hydrogens (tertiary/aromatic N) is 1. The van der Waals surface area contributed by atoms with Gasteiger partial charge in [0.05, 0.1) is 0 Å². The zero-order chi connectivity index (χ0) is 34.9. The summed E-state index contributed by atoms with van der Waals surface area (Å²) in [5, 5.41) is 4.34. The van der Waals surface area contributed by atoms with Crippen molar-refractivity contribution >= 4 is 6.47 Å². The summed E-state index contributed by atoms with van der Waals surface area (Å²) in [7, 11) is 0. The van der Waals surface area contributed by atoms with Crippen molar-refractivity contribution in [2.24, 2.45) is 51.2 Å². The van der Waals surface area contributed by atoms with Crippen LogP contribution in [0.15, 0.2) is 35.5 Å². The zero-order valence-electron chi connectivity index (χ0n) is 32.1. The van der Waals surface area contributed by atoms with Crippen molar-refractivity contribution < 1.29 is 13.9 Å². The van der Waals surface area contributed by atoms with Gasteiger partial charge in [0.1, 0.15) is 12.3 Å². The van der Waals surface area contributed by atoms with Crippen molar-refractivity contribution in [3.8, 4) is 0 Å². The second-order valence-corrected chi connectivity index (χ2v) is 19.7. The summed E-state index contributed by atoms with van der Waals surface area (Å²) < 4.78 is 19.3.